The molecule has 0 aromatic heterocycles. The van der Waals surface area contributed by atoms with Crippen LogP contribution in [0.25, 0.3) is 0 Å². The summed E-state index contributed by atoms with van der Waals surface area (Å²) in [6.07, 6.45) is 6.59. The zero-order valence-electron chi connectivity index (χ0n) is 15.5. The first kappa shape index (κ1) is 19.2. The lowest BCUT2D eigenvalue weighted by Gasteiger charge is -2.36. The molecule has 2 saturated heterocycles. The molecule has 0 spiro atoms. The lowest BCUT2D eigenvalue weighted by atomic mass is 9.97. The van der Waals surface area contributed by atoms with Crippen molar-refractivity contribution >= 4 is 15.9 Å². The fourth-order valence-electron chi connectivity index (χ4n) is 4.06. The molecule has 25 heavy (non-hydrogen) atoms. The topological polar surface area (TPSA) is 46.9 Å². The van der Waals surface area contributed by atoms with Crippen LogP contribution in [-0.4, -0.2) is 51.8 Å². The van der Waals surface area contributed by atoms with E-state index in [-0.39, 0.29) is 6.17 Å². The molecule has 1 aromatic rings. The Labute approximate surface area is 160 Å². The number of nitrogens with zero attached hydrogens (tertiary/aromatic N) is 2. The lowest BCUT2D eigenvalue weighted by molar-refractivity contribution is 0.0711. The number of aromatic hydroxyl groups is 1. The number of hydrogen-bond acceptors (Lipinski definition) is 4. The molecule has 3 rings (SSSR count). The van der Waals surface area contributed by atoms with Gasteiger partial charge < -0.3 is 10.2 Å². The Bertz CT molecular complexity index is 572. The smallest absolute Gasteiger partial charge is 0.122 e. The van der Waals surface area contributed by atoms with Gasteiger partial charge in [0.2, 0.25) is 0 Å². The summed E-state index contributed by atoms with van der Waals surface area (Å²) < 4.78 is 1.04. The average molecular weight is 411 g/mol. The van der Waals surface area contributed by atoms with Gasteiger partial charge in [0.25, 0.3) is 0 Å². The van der Waals surface area contributed by atoms with E-state index in [0.29, 0.717) is 12.2 Å². The van der Waals surface area contributed by atoms with Crippen LogP contribution in [0.2, 0.25) is 0 Å². The molecule has 4 nitrogen and oxygen atoms in total. The SMILES string of the molecule is CC(C)(O)CCc1cc(O)c(C(N2CCCC2)N2CCCC2)cc1Br. The Kier molecular flexibility index (Phi) is 6.09. The highest BCUT2D eigenvalue weighted by Gasteiger charge is 2.32. The van der Waals surface area contributed by atoms with E-state index in [0.717, 1.165) is 48.2 Å². The van der Waals surface area contributed by atoms with Crippen LogP contribution in [0.15, 0.2) is 16.6 Å². The van der Waals surface area contributed by atoms with Crippen molar-refractivity contribution in [3.8, 4) is 5.75 Å². The summed E-state index contributed by atoms with van der Waals surface area (Å²) in [4.78, 5) is 5.03. The molecule has 2 aliphatic rings. The van der Waals surface area contributed by atoms with Crippen molar-refractivity contribution in [2.75, 3.05) is 26.2 Å². The molecular formula is C20H31BrN2O2. The predicted molar refractivity (Wildman–Crippen MR) is 105 cm³/mol. The van der Waals surface area contributed by atoms with Gasteiger partial charge in [-0.1, -0.05) is 15.9 Å². The number of phenolic OH excluding ortho intramolecular Hbond substituents is 1. The van der Waals surface area contributed by atoms with E-state index in [1.54, 1.807) is 0 Å². The van der Waals surface area contributed by atoms with E-state index in [4.69, 9.17) is 0 Å². The summed E-state index contributed by atoms with van der Waals surface area (Å²) in [5.74, 6) is 0.387. The van der Waals surface area contributed by atoms with Crippen LogP contribution in [0, 0.1) is 0 Å². The Balaban J connectivity index is 1.86. The summed E-state index contributed by atoms with van der Waals surface area (Å²) in [5, 5.41) is 20.8. The van der Waals surface area contributed by atoms with Crippen LogP contribution in [-0.2, 0) is 6.42 Å². The van der Waals surface area contributed by atoms with Crippen LogP contribution < -0.4 is 0 Å². The van der Waals surface area contributed by atoms with E-state index in [9.17, 15) is 10.2 Å². The number of aliphatic hydroxyl groups is 1. The fraction of sp³-hybridized carbons (Fsp3) is 0.700. The van der Waals surface area contributed by atoms with Gasteiger partial charge in [-0.2, -0.15) is 0 Å². The van der Waals surface area contributed by atoms with Crippen molar-refractivity contribution in [3.05, 3.63) is 27.7 Å². The highest BCUT2D eigenvalue weighted by Crippen LogP contribution is 2.39. The van der Waals surface area contributed by atoms with Crippen LogP contribution in [0.4, 0.5) is 0 Å². The summed E-state index contributed by atoms with van der Waals surface area (Å²) in [6.45, 7) is 8.09. The van der Waals surface area contributed by atoms with Gasteiger partial charge in [0.1, 0.15) is 5.75 Å². The highest BCUT2D eigenvalue weighted by atomic mass is 79.9. The number of aryl methyl sites for hydroxylation is 1. The van der Waals surface area contributed by atoms with E-state index < -0.39 is 5.60 Å². The normalized spacial score (nSPS) is 20.0. The number of hydrogen-bond donors (Lipinski definition) is 2. The van der Waals surface area contributed by atoms with Crippen molar-refractivity contribution in [2.45, 2.75) is 64.1 Å². The number of rotatable bonds is 6. The minimum absolute atomic E-state index is 0.185. The van der Waals surface area contributed by atoms with Gasteiger partial charge in [0.05, 0.1) is 11.8 Å². The van der Waals surface area contributed by atoms with E-state index in [1.165, 1.54) is 25.7 Å². The first-order valence-electron chi connectivity index (χ1n) is 9.57. The molecule has 0 unspecified atom stereocenters. The second kappa shape index (κ2) is 7.95. The maximum Gasteiger partial charge on any atom is 0.122 e. The second-order valence-electron chi connectivity index (χ2n) is 8.17. The Morgan fingerprint density at radius 2 is 1.56 bits per heavy atom. The molecule has 140 valence electrons. The molecule has 2 heterocycles. The molecule has 0 amide bonds. The van der Waals surface area contributed by atoms with E-state index >= 15 is 0 Å². The van der Waals surface area contributed by atoms with Gasteiger partial charge in [-0.05, 0) is 96.2 Å². The number of benzene rings is 1. The van der Waals surface area contributed by atoms with Gasteiger partial charge >= 0.3 is 0 Å². The third kappa shape index (κ3) is 4.76. The third-order valence-corrected chi connectivity index (χ3v) is 6.19. The monoisotopic (exact) mass is 410 g/mol. The molecule has 0 bridgehead atoms. The molecule has 2 aliphatic heterocycles. The van der Waals surface area contributed by atoms with Gasteiger partial charge in [-0.3, -0.25) is 9.80 Å². The van der Waals surface area contributed by atoms with Crippen LogP contribution >= 0.6 is 15.9 Å². The zero-order chi connectivity index (χ0) is 18.0. The molecular weight excluding hydrogens is 380 g/mol. The van der Waals surface area contributed by atoms with Crippen LogP contribution in [0.5, 0.6) is 5.75 Å². The van der Waals surface area contributed by atoms with Gasteiger partial charge in [-0.25, -0.2) is 0 Å². The van der Waals surface area contributed by atoms with Gasteiger partial charge in [-0.15, -0.1) is 0 Å². The maximum absolute atomic E-state index is 10.8. The van der Waals surface area contributed by atoms with Crippen LogP contribution in [0.3, 0.4) is 0 Å². The third-order valence-electron chi connectivity index (χ3n) is 5.45. The minimum Gasteiger partial charge on any atom is -0.508 e. The Morgan fingerprint density at radius 3 is 2.04 bits per heavy atom. The average Bonchev–Trinajstić information content (AvgIpc) is 3.22. The van der Waals surface area contributed by atoms with E-state index in [2.05, 4.69) is 31.8 Å². The van der Waals surface area contributed by atoms with Crippen molar-refractivity contribution < 1.29 is 10.2 Å². The van der Waals surface area contributed by atoms with Crippen molar-refractivity contribution in [1.82, 2.24) is 9.80 Å². The molecule has 2 fully saturated rings. The quantitative estimate of drug-likeness (QED) is 0.742. The van der Waals surface area contributed by atoms with Gasteiger partial charge in [0, 0.05) is 10.0 Å². The maximum atomic E-state index is 10.8. The first-order chi connectivity index (χ1) is 11.8. The summed E-state index contributed by atoms with van der Waals surface area (Å²) in [7, 11) is 0. The van der Waals surface area contributed by atoms with E-state index in [1.807, 2.05) is 19.9 Å². The number of likely N-dealkylation sites (tertiary alicyclic amines) is 2. The van der Waals surface area contributed by atoms with Crippen molar-refractivity contribution in [1.29, 1.82) is 0 Å². The summed E-state index contributed by atoms with van der Waals surface area (Å²) >= 11 is 3.70. The Hall–Kier alpha value is -0.620. The molecule has 2 N–H and O–H groups in total. The zero-order valence-corrected chi connectivity index (χ0v) is 17.1. The summed E-state index contributed by atoms with van der Waals surface area (Å²) in [5.41, 5.74) is 1.38. The number of halogens is 1. The lowest BCUT2D eigenvalue weighted by Crippen LogP contribution is -2.38. The second-order valence-corrected chi connectivity index (χ2v) is 9.03. The van der Waals surface area contributed by atoms with Crippen LogP contribution in [0.1, 0.15) is 63.2 Å². The standard InChI is InChI=1S/C20H31BrN2O2/c1-20(2,25)8-7-15-13-18(24)16(14-17(15)21)19(22-9-3-4-10-22)23-11-5-6-12-23/h13-14,19,24-25H,3-12H2,1-2H3. The van der Waals surface area contributed by atoms with Crippen molar-refractivity contribution in [3.63, 3.8) is 0 Å². The summed E-state index contributed by atoms with van der Waals surface area (Å²) in [6, 6.07) is 4.00. The fourth-order valence-corrected chi connectivity index (χ4v) is 4.62. The predicted octanol–water partition coefficient (Wildman–Crippen LogP) is 4.05. The molecule has 0 atom stereocenters. The molecule has 1 aromatic carbocycles. The first-order valence-corrected chi connectivity index (χ1v) is 10.4. The molecule has 0 saturated carbocycles. The Morgan fingerprint density at radius 1 is 1.04 bits per heavy atom. The minimum atomic E-state index is -0.693. The molecule has 5 heteroatoms. The molecule has 0 radical (unpaired) electrons. The molecule has 0 aliphatic carbocycles. The number of phenols is 1. The van der Waals surface area contributed by atoms with Gasteiger partial charge in [0.15, 0.2) is 0 Å². The van der Waals surface area contributed by atoms with Crippen molar-refractivity contribution in [2.24, 2.45) is 0 Å². The highest BCUT2D eigenvalue weighted by molar-refractivity contribution is 9.10. The largest absolute Gasteiger partial charge is 0.508 e.